The number of aromatic carboxylic acids is 3. The first-order chi connectivity index (χ1) is 56.2. The van der Waals surface area contributed by atoms with Crippen molar-refractivity contribution in [3.8, 4) is 0 Å². The standard InChI is InChI=1S/C13H13N3O3.C12H9N3O3.C12H15N3O3.2C12H11N3O2.2C9H13N3O2/c17-11(16-13-14-4-1-5-15-13)9-7-2-3-8(6-7)10(9)12(18)19;16-10(15-12-13-5-2-6-14-12)8-3-1-4-9(7-8)11(17)18;16-10(15-12-13-6-3-7-14-12)8-4-1-2-5-9(8)11(17)18;16-11(17)10-4-1-3-9(7-10)8-15-12-13-5-2-6-14-12;16-12(17)10-3-1-2-9(6-10)7-14-11-4-5-13-8-15-11;1-7(9(13)14)5-12(2)8-3-4-10-6-11-8;1-7(8(13)14)6-12(2)9-10-4-3-5-11-9/h1-5,7-10H,6H2,(H,18,19)(H,14,15,16,17);1-7H,(H,17,18)(H,13,14,15,16);3,6-9H,1-2,4-5H2,(H,17,18)(H,13,14,15,16);1-7H,8H2,(H,16,17)(H,13,14,15);1-6,8H,7H2,(H,16,17)(H,13,14,15);3-4,6-7H,5H2,1-2H3,(H,13,14);3-5,7H,6H2,1-2H3,(H,13,14). The summed E-state index contributed by atoms with van der Waals surface area (Å²) in [7, 11) is 3.58. The van der Waals surface area contributed by atoms with Gasteiger partial charge in [0.25, 0.3) is 5.91 Å². The molecule has 0 saturated heterocycles. The van der Waals surface area contributed by atoms with Crippen LogP contribution in [0.25, 0.3) is 0 Å². The number of carboxylic acid groups (broad SMARTS) is 7. The number of hydrogen-bond acceptors (Lipinski definition) is 28. The molecule has 38 heteroatoms. The topological polar surface area (TPSA) is 559 Å². The van der Waals surface area contributed by atoms with Gasteiger partial charge in [0.1, 0.15) is 24.3 Å². The third kappa shape index (κ3) is 30.1. The Kier molecular flexibility index (Phi) is 35.5. The van der Waals surface area contributed by atoms with Gasteiger partial charge in [0.15, 0.2) is 0 Å². The fourth-order valence-electron chi connectivity index (χ4n) is 11.6. The SMILES string of the molecule is CC(CN(C)c1ccncn1)C(=O)O.CC(CN(C)c1ncccn1)C(=O)O.O=C(O)C1C2C=CC(C2)C1C(=O)Nc1ncccn1.O=C(O)C1CCCCC1C(=O)Nc1ncccn1.O=C(O)c1cccc(C(=O)Nc2ncccn2)c1.O=C(O)c1cccc(CNc2ccncn2)c1.O=C(O)c1cccc(CNc2ncccn2)c1. The Bertz CT molecular complexity index is 4730. The number of anilines is 7. The van der Waals surface area contributed by atoms with E-state index in [-0.39, 0.29) is 63.7 Å². The van der Waals surface area contributed by atoms with Crippen LogP contribution in [0.3, 0.4) is 0 Å². The molecule has 608 valence electrons. The van der Waals surface area contributed by atoms with E-state index in [4.69, 9.17) is 30.6 Å². The van der Waals surface area contributed by atoms with Gasteiger partial charge in [-0.15, -0.1) is 0 Å². The molecule has 7 aromatic heterocycles. The Morgan fingerprint density at radius 3 is 1.29 bits per heavy atom. The summed E-state index contributed by atoms with van der Waals surface area (Å²) in [6.07, 6.45) is 29.3. The number of hydrogen-bond donors (Lipinski definition) is 12. The minimum atomic E-state index is -1.08. The van der Waals surface area contributed by atoms with E-state index in [1.807, 2.05) is 31.3 Å². The number of amides is 3. The Labute approximate surface area is 669 Å². The number of nitrogens with zero attached hydrogens (tertiary/aromatic N) is 16. The van der Waals surface area contributed by atoms with Crippen molar-refractivity contribution in [3.05, 3.63) is 248 Å². The lowest BCUT2D eigenvalue weighted by atomic mass is 9.79. The maximum Gasteiger partial charge on any atom is 0.335 e. The van der Waals surface area contributed by atoms with Crippen molar-refractivity contribution < 1.29 is 83.7 Å². The minimum absolute atomic E-state index is 0.00909. The number of aliphatic carboxylic acids is 4. The number of carboxylic acids is 7. The molecule has 8 unspecified atom stereocenters. The second-order valence-corrected chi connectivity index (χ2v) is 26.0. The zero-order chi connectivity index (χ0) is 84.6. The normalized spacial score (nSPS) is 16.0. The van der Waals surface area contributed by atoms with Crippen LogP contribution in [0.5, 0.6) is 0 Å². The van der Waals surface area contributed by atoms with Crippen LogP contribution >= 0.6 is 0 Å². The van der Waals surface area contributed by atoms with Gasteiger partial charge >= 0.3 is 41.8 Å². The number of carbonyl (C=O) groups excluding carboxylic acids is 3. The van der Waals surface area contributed by atoms with Gasteiger partial charge in [0.2, 0.25) is 41.6 Å². The van der Waals surface area contributed by atoms with E-state index in [1.165, 1.54) is 74.1 Å². The Hall–Kier alpha value is -15.1. The van der Waals surface area contributed by atoms with Crippen molar-refractivity contribution in [3.63, 3.8) is 0 Å². The van der Waals surface area contributed by atoms with Crippen molar-refractivity contribution in [2.45, 2.75) is 59.0 Å². The molecule has 2 saturated carbocycles. The van der Waals surface area contributed by atoms with Gasteiger partial charge in [0, 0.05) is 120 Å². The lowest BCUT2D eigenvalue weighted by Crippen LogP contribution is -2.36. The lowest BCUT2D eigenvalue weighted by molar-refractivity contribution is -0.148. The first-order valence-electron chi connectivity index (χ1n) is 36.0. The molecule has 38 nitrogen and oxygen atoms in total. The summed E-state index contributed by atoms with van der Waals surface area (Å²) in [6.45, 7) is 5.18. The average Bonchev–Trinajstić information content (AvgIpc) is 1.62. The highest BCUT2D eigenvalue weighted by atomic mass is 16.4. The molecule has 7 heterocycles. The van der Waals surface area contributed by atoms with Gasteiger partial charge < -0.3 is 56.2 Å². The largest absolute Gasteiger partial charge is 0.481 e. The number of allylic oxidation sites excluding steroid dienone is 2. The molecule has 2 fully saturated rings. The molecule has 0 aliphatic heterocycles. The van der Waals surface area contributed by atoms with Gasteiger partial charge in [-0.25, -0.2) is 84.2 Å². The predicted octanol–water partition coefficient (Wildman–Crippen LogP) is 8.51. The average molecular weight is 1600 g/mol. The van der Waals surface area contributed by atoms with Crippen LogP contribution in [0.1, 0.15) is 98.5 Å². The number of rotatable bonds is 25. The van der Waals surface area contributed by atoms with E-state index >= 15 is 0 Å². The fraction of sp³-hybridized carbons (Fsp3) is 0.266. The van der Waals surface area contributed by atoms with E-state index in [0.717, 1.165) is 36.2 Å². The van der Waals surface area contributed by atoms with Crippen molar-refractivity contribution in [1.82, 2.24) is 69.8 Å². The lowest BCUT2D eigenvalue weighted by Gasteiger charge is -2.27. The van der Waals surface area contributed by atoms with Gasteiger partial charge in [0.05, 0.1) is 52.2 Å². The number of nitrogens with one attached hydrogen (secondary N) is 5. The first-order valence-corrected chi connectivity index (χ1v) is 36.0. The van der Waals surface area contributed by atoms with Gasteiger partial charge in [-0.2, -0.15) is 0 Å². The molecule has 3 aromatic carbocycles. The van der Waals surface area contributed by atoms with E-state index in [1.54, 1.807) is 147 Å². The highest BCUT2D eigenvalue weighted by Gasteiger charge is 2.52. The zero-order valence-corrected chi connectivity index (χ0v) is 63.6. The molecule has 117 heavy (non-hydrogen) atoms. The van der Waals surface area contributed by atoms with Crippen molar-refractivity contribution in [2.75, 3.05) is 63.6 Å². The third-order valence-corrected chi connectivity index (χ3v) is 17.4. The van der Waals surface area contributed by atoms with Crippen LogP contribution < -0.4 is 36.4 Å². The van der Waals surface area contributed by atoms with Crippen LogP contribution in [0.2, 0.25) is 0 Å². The smallest absolute Gasteiger partial charge is 0.335 e. The van der Waals surface area contributed by atoms with Crippen molar-refractivity contribution in [2.24, 2.45) is 47.3 Å². The summed E-state index contributed by atoms with van der Waals surface area (Å²) >= 11 is 0. The maximum absolute atomic E-state index is 12.2. The van der Waals surface area contributed by atoms with Crippen LogP contribution in [0.4, 0.5) is 41.4 Å². The monoisotopic (exact) mass is 1600 g/mol. The summed E-state index contributed by atoms with van der Waals surface area (Å²) in [5, 5.41) is 76.1. The van der Waals surface area contributed by atoms with E-state index in [0.29, 0.717) is 56.7 Å². The number of benzene rings is 3. The summed E-state index contributed by atoms with van der Waals surface area (Å²) in [5.74, 6) is -7.42. The van der Waals surface area contributed by atoms with E-state index in [9.17, 15) is 53.1 Å². The molecule has 12 N–H and O–H groups in total. The minimum Gasteiger partial charge on any atom is -0.481 e. The van der Waals surface area contributed by atoms with Crippen LogP contribution in [-0.4, -0.2) is 192 Å². The zero-order valence-electron chi connectivity index (χ0n) is 63.6. The van der Waals surface area contributed by atoms with Crippen molar-refractivity contribution >= 4 is 101 Å². The van der Waals surface area contributed by atoms with E-state index < -0.39 is 83.2 Å². The predicted molar refractivity (Wildman–Crippen MR) is 423 cm³/mol. The molecule has 3 aliphatic rings. The first kappa shape index (κ1) is 89.1. The second kappa shape index (κ2) is 46.6. The third-order valence-electron chi connectivity index (χ3n) is 17.4. The number of carbonyl (C=O) groups is 10. The Morgan fingerprint density at radius 1 is 0.410 bits per heavy atom. The van der Waals surface area contributed by atoms with Gasteiger partial charge in [-0.3, -0.25) is 49.5 Å². The molecule has 3 amide bonds. The molecular formula is C79H85N21O17. The Balaban J connectivity index is 0.000000189. The summed E-state index contributed by atoms with van der Waals surface area (Å²) in [6, 6.07) is 31.1. The van der Waals surface area contributed by atoms with Crippen LogP contribution in [-0.2, 0) is 41.9 Å². The molecule has 0 radical (unpaired) electrons. The number of fused-ring (bicyclic) bond motifs is 2. The molecule has 10 aromatic rings. The van der Waals surface area contributed by atoms with E-state index in [2.05, 4.69) is 96.4 Å². The summed E-state index contributed by atoms with van der Waals surface area (Å²) < 4.78 is 0. The highest BCUT2D eigenvalue weighted by molar-refractivity contribution is 6.04. The molecular weight excluding hydrogens is 1510 g/mol. The summed E-state index contributed by atoms with van der Waals surface area (Å²) in [5.41, 5.74) is 2.62. The van der Waals surface area contributed by atoms with Gasteiger partial charge in [-0.1, -0.05) is 69.2 Å². The molecule has 0 spiro atoms. The van der Waals surface area contributed by atoms with Crippen molar-refractivity contribution in [1.29, 1.82) is 0 Å². The Morgan fingerprint density at radius 2 is 0.829 bits per heavy atom. The second-order valence-electron chi connectivity index (χ2n) is 26.0. The summed E-state index contributed by atoms with van der Waals surface area (Å²) in [4.78, 5) is 171. The molecule has 8 atom stereocenters. The molecule has 13 rings (SSSR count). The fourth-order valence-corrected chi connectivity index (χ4v) is 11.6. The number of aromatic nitrogens is 14. The van der Waals surface area contributed by atoms with Crippen LogP contribution in [0, 0.1) is 47.3 Å². The maximum atomic E-state index is 12.2. The van der Waals surface area contributed by atoms with Gasteiger partial charge in [-0.05, 0) is 127 Å². The molecule has 2 bridgehead atoms. The quantitative estimate of drug-likeness (QED) is 0.0238. The highest BCUT2D eigenvalue weighted by Crippen LogP contribution is 2.48. The molecule has 3 aliphatic carbocycles. The van der Waals surface area contributed by atoms with Crippen LogP contribution in [0.15, 0.2) is 214 Å².